The fourth-order valence-electron chi connectivity index (χ4n) is 4.70. The zero-order chi connectivity index (χ0) is 20.4. The van der Waals surface area contributed by atoms with Crippen molar-refractivity contribution in [1.82, 2.24) is 9.83 Å². The second-order valence-electron chi connectivity index (χ2n) is 8.45. The van der Waals surface area contributed by atoms with Gasteiger partial charge in [0, 0.05) is 37.2 Å². The smallest absolute Gasteiger partial charge is 0.145 e. The minimum atomic E-state index is -0.446. The molecule has 2 saturated carbocycles. The lowest BCUT2D eigenvalue weighted by molar-refractivity contribution is 0.183. The number of benzene rings is 1. The number of rotatable bonds is 5. The number of aromatic nitrogens is 1. The van der Waals surface area contributed by atoms with Gasteiger partial charge in [0.15, 0.2) is 0 Å². The van der Waals surface area contributed by atoms with Gasteiger partial charge in [-0.2, -0.15) is 0 Å². The molecule has 3 atom stereocenters. The van der Waals surface area contributed by atoms with Crippen LogP contribution in [0.1, 0.15) is 54.9 Å². The predicted molar refractivity (Wildman–Crippen MR) is 116 cm³/mol. The summed E-state index contributed by atoms with van der Waals surface area (Å²) in [4.78, 5) is 0. The summed E-state index contributed by atoms with van der Waals surface area (Å²) < 4.78 is 25.0. The van der Waals surface area contributed by atoms with E-state index in [1.54, 1.807) is 7.11 Å². The average Bonchev–Trinajstić information content (AvgIpc) is 3.13. The fourth-order valence-corrected chi connectivity index (χ4v) is 5.62. The second-order valence-corrected chi connectivity index (χ2v) is 9.66. The summed E-state index contributed by atoms with van der Waals surface area (Å²) in [6, 6.07) is 5.86. The minimum absolute atomic E-state index is 0.446. The molecule has 2 unspecified atom stereocenters. The van der Waals surface area contributed by atoms with Crippen molar-refractivity contribution >= 4 is 20.6 Å². The maximum atomic E-state index is 12.2. The maximum Gasteiger partial charge on any atom is 0.145 e. The molecule has 3 fully saturated rings. The van der Waals surface area contributed by atoms with Gasteiger partial charge in [0.1, 0.15) is 20.5 Å². The number of halogens is 2. The third-order valence-electron chi connectivity index (χ3n) is 6.36. The van der Waals surface area contributed by atoms with Crippen molar-refractivity contribution < 1.29 is 13.5 Å². The molecule has 4 nitrogen and oxygen atoms in total. The molecule has 0 bridgehead atoms. The van der Waals surface area contributed by atoms with Crippen molar-refractivity contribution in [1.29, 1.82) is 0 Å². The Labute approximate surface area is 179 Å². The van der Waals surface area contributed by atoms with Crippen molar-refractivity contribution in [2.45, 2.75) is 51.6 Å². The van der Waals surface area contributed by atoms with Crippen LogP contribution in [0.4, 0.5) is 4.20 Å². The zero-order valence-electron chi connectivity index (χ0n) is 17.1. The van der Waals surface area contributed by atoms with Crippen LogP contribution in [0.2, 0.25) is 5.02 Å². The summed E-state index contributed by atoms with van der Waals surface area (Å²) in [7, 11) is 1.24. The Balaban J connectivity index is 0.000000171. The lowest BCUT2D eigenvalue weighted by atomic mass is 10.0. The van der Waals surface area contributed by atoms with Gasteiger partial charge in [-0.25, -0.2) is 4.20 Å². The highest BCUT2D eigenvalue weighted by Crippen LogP contribution is 2.45. The highest BCUT2D eigenvalue weighted by Gasteiger charge is 2.36. The number of aryl methyl sites for hydroxylation is 1. The molecular weight excluding hydrogens is 410 g/mol. The maximum absolute atomic E-state index is 12.2. The monoisotopic (exact) mass is 438 g/mol. The van der Waals surface area contributed by atoms with Crippen LogP contribution < -0.4 is 0 Å². The van der Waals surface area contributed by atoms with E-state index in [4.69, 9.17) is 20.9 Å². The highest BCUT2D eigenvalue weighted by molar-refractivity contribution is 7.28. The first-order chi connectivity index (χ1) is 14.1. The van der Waals surface area contributed by atoms with Crippen LogP contribution in [-0.4, -0.2) is 30.0 Å². The summed E-state index contributed by atoms with van der Waals surface area (Å²) in [6.45, 7) is 4.62. The molecule has 0 spiro atoms. The van der Waals surface area contributed by atoms with Crippen LogP contribution >= 0.6 is 20.6 Å². The second kappa shape index (κ2) is 9.43. The number of nitrogens with zero attached hydrogens (tertiary/aromatic N) is 2. The van der Waals surface area contributed by atoms with Gasteiger partial charge in [-0.3, -0.25) is 4.67 Å². The van der Waals surface area contributed by atoms with Crippen molar-refractivity contribution in [3.8, 4) is 11.3 Å². The normalized spacial score (nSPS) is 24.1. The molecular formula is C22H29ClFN2O2P. The lowest BCUT2D eigenvalue weighted by Crippen LogP contribution is -2.09. The quantitative estimate of drug-likeness (QED) is 0.498. The first-order valence-electron chi connectivity index (χ1n) is 10.5. The van der Waals surface area contributed by atoms with E-state index in [0.717, 1.165) is 53.1 Å². The summed E-state index contributed by atoms with van der Waals surface area (Å²) >= 11 is 6.32. The van der Waals surface area contributed by atoms with Gasteiger partial charge in [0.05, 0.1) is 11.6 Å². The van der Waals surface area contributed by atoms with E-state index < -0.39 is 9.04 Å². The van der Waals surface area contributed by atoms with Crippen LogP contribution in [0.5, 0.6) is 0 Å². The third kappa shape index (κ3) is 4.69. The molecule has 158 valence electrons. The van der Waals surface area contributed by atoms with E-state index in [1.165, 1.54) is 32.1 Å². The Morgan fingerprint density at radius 3 is 2.55 bits per heavy atom. The molecule has 3 aliphatic rings. The molecule has 1 aromatic carbocycles. The van der Waals surface area contributed by atoms with Gasteiger partial charge in [-0.1, -0.05) is 35.3 Å². The number of ether oxygens (including phenoxy) is 1. The molecule has 0 N–H and O–H groups in total. The van der Waals surface area contributed by atoms with Crippen molar-refractivity contribution in [2.75, 3.05) is 20.2 Å². The molecule has 2 aromatic rings. The molecule has 2 aliphatic carbocycles. The van der Waals surface area contributed by atoms with Crippen LogP contribution in [0, 0.1) is 18.8 Å². The Bertz CT molecular complexity index is 810. The molecule has 7 heteroatoms. The topological polar surface area (TPSA) is 38.5 Å². The molecule has 1 saturated heterocycles. The van der Waals surface area contributed by atoms with Crippen molar-refractivity contribution in [2.24, 2.45) is 11.8 Å². The highest BCUT2D eigenvalue weighted by atomic mass is 35.5. The standard InChI is InChI=1S/C15H16ClNO2.C7H13FNP/c1-9-4-3-5-12(16)13(9)14-11(8-18-2)15(19-17-14)10-6-7-10;8-10-9-4-6-2-1-3-7(6)5-9/h3-5,10H,6-8H2,1-2H3;6-7,10H,1-5H2/t;6-,7?/m.0/s1. The van der Waals surface area contributed by atoms with Crippen LogP contribution in [0.3, 0.4) is 0 Å². The van der Waals surface area contributed by atoms with Gasteiger partial charge in [0.25, 0.3) is 0 Å². The van der Waals surface area contributed by atoms with Crippen molar-refractivity contribution in [3.05, 3.63) is 40.1 Å². The Hall–Kier alpha value is -1.00. The first-order valence-corrected chi connectivity index (χ1v) is 11.7. The van der Waals surface area contributed by atoms with E-state index in [0.29, 0.717) is 17.5 Å². The van der Waals surface area contributed by atoms with Gasteiger partial charge < -0.3 is 9.26 Å². The van der Waals surface area contributed by atoms with Crippen LogP contribution in [-0.2, 0) is 11.3 Å². The van der Waals surface area contributed by atoms with Crippen LogP contribution in [0.15, 0.2) is 22.7 Å². The molecule has 1 aliphatic heterocycles. The summed E-state index contributed by atoms with van der Waals surface area (Å²) in [5.41, 5.74) is 3.92. The lowest BCUT2D eigenvalue weighted by Gasteiger charge is -2.08. The number of hydrogen-bond acceptors (Lipinski definition) is 4. The van der Waals surface area contributed by atoms with Gasteiger partial charge in [0.2, 0.25) is 0 Å². The summed E-state index contributed by atoms with van der Waals surface area (Å²) in [5, 5.41) is 4.95. The minimum Gasteiger partial charge on any atom is -0.380 e. The Morgan fingerprint density at radius 2 is 1.97 bits per heavy atom. The van der Waals surface area contributed by atoms with E-state index >= 15 is 0 Å². The van der Waals surface area contributed by atoms with Gasteiger partial charge >= 0.3 is 0 Å². The number of methoxy groups -OCH3 is 1. The van der Waals surface area contributed by atoms with E-state index in [9.17, 15) is 4.20 Å². The molecule has 2 heterocycles. The van der Waals surface area contributed by atoms with E-state index in [2.05, 4.69) is 5.16 Å². The number of fused-ring (bicyclic) bond motifs is 1. The molecule has 0 radical (unpaired) electrons. The average molecular weight is 439 g/mol. The SMILES string of the molecule is COCc1c(-c2c(C)cccc2Cl)noc1C1CC1.FPN1CC2CCC[C@H]2C1. The van der Waals surface area contributed by atoms with Crippen LogP contribution in [0.25, 0.3) is 11.3 Å². The van der Waals surface area contributed by atoms with E-state index in [1.807, 2.05) is 29.8 Å². The van der Waals surface area contributed by atoms with E-state index in [-0.39, 0.29) is 0 Å². The van der Waals surface area contributed by atoms with Gasteiger partial charge in [-0.15, -0.1) is 0 Å². The Morgan fingerprint density at radius 1 is 1.24 bits per heavy atom. The molecule has 5 rings (SSSR count). The fraction of sp³-hybridized carbons (Fsp3) is 0.591. The first kappa shape index (κ1) is 21.2. The molecule has 1 aromatic heterocycles. The number of hydrogen-bond donors (Lipinski definition) is 0. The predicted octanol–water partition coefficient (Wildman–Crippen LogP) is 6.52. The zero-order valence-corrected chi connectivity index (χ0v) is 18.8. The summed E-state index contributed by atoms with van der Waals surface area (Å²) in [6.07, 6.45) is 6.44. The Kier molecular flexibility index (Phi) is 6.91. The summed E-state index contributed by atoms with van der Waals surface area (Å²) in [5.74, 6) is 3.18. The van der Waals surface area contributed by atoms with Gasteiger partial charge in [-0.05, 0) is 56.1 Å². The largest absolute Gasteiger partial charge is 0.380 e. The molecule has 29 heavy (non-hydrogen) atoms. The van der Waals surface area contributed by atoms with Crippen molar-refractivity contribution in [3.63, 3.8) is 0 Å². The third-order valence-corrected chi connectivity index (χ3v) is 7.28. The molecule has 0 amide bonds.